The number of hydrogen-bond donors (Lipinski definition) is 0. The van der Waals surface area contributed by atoms with Crippen molar-refractivity contribution >= 4 is 12.2 Å². The first kappa shape index (κ1) is 21.1. The first-order chi connectivity index (χ1) is 12.8. The number of carbonyl (C=O) groups excluding carboxylic acids is 2. The largest absolute Gasteiger partial charge is 0.445 e. The molecule has 0 aromatic heterocycles. The average Bonchev–Trinajstić information content (AvgIpc) is 3.22. The van der Waals surface area contributed by atoms with Crippen molar-refractivity contribution in [2.24, 2.45) is 0 Å². The Hall–Kier alpha value is -2.24. The Morgan fingerprint density at radius 2 is 1.48 bits per heavy atom. The monoisotopic (exact) mass is 376 g/mol. The molecular weight excluding hydrogens is 344 g/mol. The molecule has 150 valence electrons. The summed E-state index contributed by atoms with van der Waals surface area (Å²) in [5, 5.41) is 0. The van der Waals surface area contributed by atoms with E-state index in [9.17, 15) is 9.59 Å². The molecule has 2 aliphatic heterocycles. The fourth-order valence-corrected chi connectivity index (χ4v) is 3.56. The second kappa shape index (κ2) is 9.11. The van der Waals surface area contributed by atoms with E-state index in [0.29, 0.717) is 13.1 Å². The maximum atomic E-state index is 12.4. The smallest absolute Gasteiger partial charge is 0.410 e. The lowest BCUT2D eigenvalue weighted by molar-refractivity contribution is 0.0220. The summed E-state index contributed by atoms with van der Waals surface area (Å²) >= 11 is 0. The predicted molar refractivity (Wildman–Crippen MR) is 104 cm³/mol. The van der Waals surface area contributed by atoms with Gasteiger partial charge in [-0.3, -0.25) is 0 Å². The van der Waals surface area contributed by atoms with E-state index in [1.807, 2.05) is 65.0 Å². The predicted octanol–water partition coefficient (Wildman–Crippen LogP) is 4.43. The van der Waals surface area contributed by atoms with Crippen LogP contribution in [0.15, 0.2) is 30.3 Å². The normalized spacial score (nSPS) is 21.2. The standard InChI is InChI=1S/C19H26N2O4.C2H6/c1-19(2,3)25-18(23)21-12-10-15-16(21)9-11-20(15)17(22)24-13-14-7-5-4-6-8-14;1-2/h4-8,15-16H,9-13H2,1-3H3;1-2H3/t15-,16-;/m1./s1. The molecule has 0 unspecified atom stereocenters. The molecule has 6 nitrogen and oxygen atoms in total. The summed E-state index contributed by atoms with van der Waals surface area (Å²) < 4.78 is 10.9. The van der Waals surface area contributed by atoms with E-state index in [1.165, 1.54) is 0 Å². The number of likely N-dealkylation sites (tertiary alicyclic amines) is 2. The number of ether oxygens (including phenoxy) is 2. The Morgan fingerprint density at radius 3 is 2.00 bits per heavy atom. The Kier molecular flexibility index (Phi) is 7.11. The molecule has 2 aliphatic rings. The zero-order chi connectivity index (χ0) is 20.0. The highest BCUT2D eigenvalue weighted by atomic mass is 16.6. The number of nitrogens with zero attached hydrogens (tertiary/aromatic N) is 2. The number of benzene rings is 1. The van der Waals surface area contributed by atoms with Crippen LogP contribution in [0.3, 0.4) is 0 Å². The second-order valence-electron chi connectivity index (χ2n) is 7.62. The molecule has 6 heteroatoms. The third-order valence-corrected chi connectivity index (χ3v) is 4.64. The molecule has 0 aliphatic carbocycles. The number of hydrogen-bond acceptors (Lipinski definition) is 4. The van der Waals surface area contributed by atoms with Gasteiger partial charge in [-0.05, 0) is 39.2 Å². The number of rotatable bonds is 2. The highest BCUT2D eigenvalue weighted by Crippen LogP contribution is 2.33. The van der Waals surface area contributed by atoms with Crippen LogP contribution in [0.25, 0.3) is 0 Å². The van der Waals surface area contributed by atoms with Crippen LogP contribution in [0, 0.1) is 0 Å². The van der Waals surface area contributed by atoms with Gasteiger partial charge in [-0.15, -0.1) is 0 Å². The van der Waals surface area contributed by atoms with E-state index >= 15 is 0 Å². The SMILES string of the molecule is CC.CC(C)(C)OC(=O)N1CC[C@@H]2[C@H]1CCN2C(=O)OCc1ccccc1. The topological polar surface area (TPSA) is 59.1 Å². The van der Waals surface area contributed by atoms with E-state index in [1.54, 1.807) is 9.80 Å². The Balaban J connectivity index is 0.00000126. The zero-order valence-corrected chi connectivity index (χ0v) is 17.1. The van der Waals surface area contributed by atoms with Gasteiger partial charge in [0.1, 0.15) is 12.2 Å². The van der Waals surface area contributed by atoms with Gasteiger partial charge in [0, 0.05) is 13.1 Å². The van der Waals surface area contributed by atoms with Gasteiger partial charge >= 0.3 is 12.2 Å². The van der Waals surface area contributed by atoms with Crippen LogP contribution in [0.1, 0.15) is 53.0 Å². The maximum absolute atomic E-state index is 12.4. The highest BCUT2D eigenvalue weighted by Gasteiger charge is 2.47. The van der Waals surface area contributed by atoms with Crippen LogP contribution in [-0.2, 0) is 16.1 Å². The zero-order valence-electron chi connectivity index (χ0n) is 17.1. The van der Waals surface area contributed by atoms with Crippen molar-refractivity contribution in [2.75, 3.05) is 13.1 Å². The van der Waals surface area contributed by atoms with Gasteiger partial charge in [-0.25, -0.2) is 9.59 Å². The van der Waals surface area contributed by atoms with Crippen LogP contribution < -0.4 is 0 Å². The lowest BCUT2D eigenvalue weighted by Crippen LogP contribution is -2.43. The minimum absolute atomic E-state index is 0.0239. The molecule has 27 heavy (non-hydrogen) atoms. The van der Waals surface area contributed by atoms with E-state index in [-0.39, 0.29) is 30.9 Å². The second-order valence-corrected chi connectivity index (χ2v) is 7.62. The van der Waals surface area contributed by atoms with Crippen LogP contribution in [0.5, 0.6) is 0 Å². The van der Waals surface area contributed by atoms with Gasteiger partial charge < -0.3 is 19.3 Å². The van der Waals surface area contributed by atoms with Crippen molar-refractivity contribution in [3.8, 4) is 0 Å². The minimum atomic E-state index is -0.512. The highest BCUT2D eigenvalue weighted by molar-refractivity contribution is 5.71. The Labute approximate surface area is 162 Å². The lowest BCUT2D eigenvalue weighted by Gasteiger charge is -2.28. The molecular formula is C21H32N2O4. The molecule has 0 spiro atoms. The minimum Gasteiger partial charge on any atom is -0.445 e. The van der Waals surface area contributed by atoms with E-state index in [0.717, 1.165) is 18.4 Å². The summed E-state index contributed by atoms with van der Waals surface area (Å²) in [4.78, 5) is 28.3. The third-order valence-electron chi connectivity index (χ3n) is 4.64. The molecule has 1 aromatic carbocycles. The summed E-state index contributed by atoms with van der Waals surface area (Å²) in [6.45, 7) is 11.1. The summed E-state index contributed by atoms with van der Waals surface area (Å²) in [6.07, 6.45) is 0.941. The molecule has 0 N–H and O–H groups in total. The molecule has 2 heterocycles. The lowest BCUT2D eigenvalue weighted by atomic mass is 10.1. The molecule has 2 atom stereocenters. The van der Waals surface area contributed by atoms with Gasteiger partial charge in [0.2, 0.25) is 0 Å². The molecule has 2 fully saturated rings. The fraction of sp³-hybridized carbons (Fsp3) is 0.619. The molecule has 0 radical (unpaired) electrons. The number of carbonyl (C=O) groups is 2. The number of amides is 2. The van der Waals surface area contributed by atoms with Gasteiger partial charge in [-0.2, -0.15) is 0 Å². The molecule has 0 bridgehead atoms. The summed E-state index contributed by atoms with van der Waals surface area (Å²) in [5.74, 6) is 0. The Morgan fingerprint density at radius 1 is 0.963 bits per heavy atom. The van der Waals surface area contributed by atoms with Gasteiger partial charge in [-0.1, -0.05) is 44.2 Å². The third kappa shape index (κ3) is 5.37. The molecule has 3 rings (SSSR count). The van der Waals surface area contributed by atoms with E-state index in [2.05, 4.69) is 0 Å². The van der Waals surface area contributed by atoms with Crippen LogP contribution in [0.4, 0.5) is 9.59 Å². The molecule has 1 aromatic rings. The average molecular weight is 376 g/mol. The van der Waals surface area contributed by atoms with Gasteiger partial charge in [0.25, 0.3) is 0 Å². The quantitative estimate of drug-likeness (QED) is 0.766. The van der Waals surface area contributed by atoms with Crippen LogP contribution >= 0.6 is 0 Å². The van der Waals surface area contributed by atoms with Crippen LogP contribution in [-0.4, -0.2) is 52.8 Å². The number of fused-ring (bicyclic) bond motifs is 1. The van der Waals surface area contributed by atoms with Crippen molar-refractivity contribution in [3.05, 3.63) is 35.9 Å². The van der Waals surface area contributed by atoms with Crippen molar-refractivity contribution in [2.45, 2.75) is 71.8 Å². The summed E-state index contributed by atoms with van der Waals surface area (Å²) in [5.41, 5.74) is 0.454. The fourth-order valence-electron chi connectivity index (χ4n) is 3.56. The molecule has 2 saturated heterocycles. The van der Waals surface area contributed by atoms with Crippen molar-refractivity contribution in [3.63, 3.8) is 0 Å². The van der Waals surface area contributed by atoms with Gasteiger partial charge in [0.15, 0.2) is 0 Å². The first-order valence-electron chi connectivity index (χ1n) is 9.82. The summed E-state index contributed by atoms with van der Waals surface area (Å²) in [7, 11) is 0. The van der Waals surface area contributed by atoms with Crippen molar-refractivity contribution in [1.29, 1.82) is 0 Å². The van der Waals surface area contributed by atoms with E-state index in [4.69, 9.17) is 9.47 Å². The van der Waals surface area contributed by atoms with Crippen molar-refractivity contribution in [1.82, 2.24) is 9.80 Å². The van der Waals surface area contributed by atoms with Crippen molar-refractivity contribution < 1.29 is 19.1 Å². The van der Waals surface area contributed by atoms with Gasteiger partial charge in [0.05, 0.1) is 12.1 Å². The van der Waals surface area contributed by atoms with Crippen LogP contribution in [0.2, 0.25) is 0 Å². The Bertz CT molecular complexity index is 627. The maximum Gasteiger partial charge on any atom is 0.410 e. The molecule has 2 amide bonds. The molecule has 0 saturated carbocycles. The first-order valence-corrected chi connectivity index (χ1v) is 9.82. The summed E-state index contributed by atoms with van der Waals surface area (Å²) in [6, 6.07) is 9.69. The van der Waals surface area contributed by atoms with E-state index < -0.39 is 5.60 Å².